The number of benzene rings is 1. The van der Waals surface area contributed by atoms with Crippen LogP contribution < -0.4 is 10.2 Å². The van der Waals surface area contributed by atoms with Gasteiger partial charge in [-0.2, -0.15) is 0 Å². The first-order valence-electron chi connectivity index (χ1n) is 11.9. The van der Waals surface area contributed by atoms with E-state index >= 15 is 0 Å². The van der Waals surface area contributed by atoms with E-state index in [2.05, 4.69) is 68.3 Å². The van der Waals surface area contributed by atoms with Gasteiger partial charge in [0.1, 0.15) is 22.0 Å². The summed E-state index contributed by atoms with van der Waals surface area (Å²) >= 11 is 1.53. The van der Waals surface area contributed by atoms with Crippen molar-refractivity contribution in [3.8, 4) is 0 Å². The van der Waals surface area contributed by atoms with Crippen LogP contribution in [0.25, 0.3) is 10.3 Å². The highest BCUT2D eigenvalue weighted by Gasteiger charge is 2.17. The number of hydrogen-bond donors (Lipinski definition) is 2. The maximum absolute atomic E-state index is 9.13. The van der Waals surface area contributed by atoms with Gasteiger partial charge in [-0.05, 0) is 48.9 Å². The van der Waals surface area contributed by atoms with Gasteiger partial charge in [-0.15, -0.1) is 0 Å². The molecule has 4 heterocycles. The lowest BCUT2D eigenvalue weighted by Crippen LogP contribution is -2.46. The van der Waals surface area contributed by atoms with Crippen molar-refractivity contribution in [2.45, 2.75) is 13.5 Å². The van der Waals surface area contributed by atoms with Crippen LogP contribution in [0.5, 0.6) is 0 Å². The molecule has 9 heteroatoms. The first-order valence-corrected chi connectivity index (χ1v) is 12.7. The topological polar surface area (TPSA) is 80.7 Å². The molecule has 0 aliphatic carbocycles. The lowest BCUT2D eigenvalue weighted by atomic mass is 10.2. The number of anilines is 4. The third kappa shape index (κ3) is 5.76. The number of aliphatic hydroxyl groups excluding tert-OH is 1. The molecule has 35 heavy (non-hydrogen) atoms. The van der Waals surface area contributed by atoms with E-state index in [1.807, 2.05) is 25.4 Å². The van der Waals surface area contributed by atoms with E-state index in [1.165, 1.54) is 22.5 Å². The number of β-amino-alcohol motifs (C(OH)–C–C–N with tert-alkyl or cyclic N) is 1. The zero-order chi connectivity index (χ0) is 24.2. The maximum atomic E-state index is 9.13. The van der Waals surface area contributed by atoms with Gasteiger partial charge in [0.15, 0.2) is 5.13 Å². The van der Waals surface area contributed by atoms with Gasteiger partial charge < -0.3 is 15.3 Å². The minimum Gasteiger partial charge on any atom is -0.395 e. The Hall–Kier alpha value is -3.11. The van der Waals surface area contributed by atoms with Crippen LogP contribution in [-0.2, 0) is 6.54 Å². The summed E-state index contributed by atoms with van der Waals surface area (Å²) < 4.78 is 0. The molecule has 0 bridgehead atoms. The largest absolute Gasteiger partial charge is 0.395 e. The summed E-state index contributed by atoms with van der Waals surface area (Å²) in [5.74, 6) is 1.67. The molecule has 5 rings (SSSR count). The number of rotatable bonds is 8. The van der Waals surface area contributed by atoms with Gasteiger partial charge >= 0.3 is 0 Å². The molecule has 3 aromatic heterocycles. The van der Waals surface area contributed by atoms with E-state index in [-0.39, 0.29) is 6.61 Å². The second-order valence-electron chi connectivity index (χ2n) is 8.92. The number of aliphatic hydroxyl groups is 1. The molecule has 0 radical (unpaired) electrons. The summed E-state index contributed by atoms with van der Waals surface area (Å²) in [6.07, 6.45) is 1.85. The van der Waals surface area contributed by atoms with Crippen LogP contribution in [0.1, 0.15) is 11.1 Å². The van der Waals surface area contributed by atoms with Crippen molar-refractivity contribution in [1.29, 1.82) is 0 Å². The fourth-order valence-corrected chi connectivity index (χ4v) is 5.11. The molecule has 1 aromatic carbocycles. The quantitative estimate of drug-likeness (QED) is 0.384. The van der Waals surface area contributed by atoms with Crippen LogP contribution in [-0.4, -0.2) is 76.2 Å². The first kappa shape index (κ1) is 23.6. The molecule has 1 fully saturated rings. The number of nitrogens with zero attached hydrogens (tertiary/aromatic N) is 6. The molecular formula is C26H31N7OS. The minimum absolute atomic E-state index is 0.228. The minimum atomic E-state index is 0.228. The molecule has 0 spiro atoms. The number of piperazine rings is 1. The molecule has 182 valence electrons. The van der Waals surface area contributed by atoms with E-state index in [4.69, 9.17) is 15.1 Å². The molecule has 0 amide bonds. The van der Waals surface area contributed by atoms with Gasteiger partial charge in [-0.1, -0.05) is 29.0 Å². The van der Waals surface area contributed by atoms with Gasteiger partial charge in [0.25, 0.3) is 0 Å². The van der Waals surface area contributed by atoms with Crippen LogP contribution in [0.4, 0.5) is 22.5 Å². The van der Waals surface area contributed by atoms with Crippen molar-refractivity contribution in [2.24, 2.45) is 0 Å². The number of aromatic nitrogens is 3. The Morgan fingerprint density at radius 2 is 1.77 bits per heavy atom. The van der Waals surface area contributed by atoms with Gasteiger partial charge in [-0.3, -0.25) is 9.80 Å². The number of pyridine rings is 2. The second-order valence-corrected chi connectivity index (χ2v) is 9.90. The summed E-state index contributed by atoms with van der Waals surface area (Å²) in [5, 5.41) is 13.3. The van der Waals surface area contributed by atoms with E-state index in [1.54, 1.807) is 0 Å². The molecule has 0 atom stereocenters. The van der Waals surface area contributed by atoms with E-state index < -0.39 is 0 Å². The number of aryl methyl sites for hydroxylation is 1. The van der Waals surface area contributed by atoms with Crippen LogP contribution in [0.15, 0.2) is 54.7 Å². The first-order chi connectivity index (χ1) is 17.1. The number of fused-ring (bicyclic) bond motifs is 1. The lowest BCUT2D eigenvalue weighted by Gasteiger charge is -2.34. The Morgan fingerprint density at radius 1 is 1.00 bits per heavy atom. The molecule has 0 saturated carbocycles. The summed E-state index contributed by atoms with van der Waals surface area (Å²) in [6.45, 7) is 7.98. The average Bonchev–Trinajstić information content (AvgIpc) is 3.27. The van der Waals surface area contributed by atoms with Gasteiger partial charge in [0.05, 0.1) is 6.61 Å². The van der Waals surface area contributed by atoms with Crippen molar-refractivity contribution in [2.75, 3.05) is 56.6 Å². The molecular weight excluding hydrogens is 458 g/mol. The van der Waals surface area contributed by atoms with Crippen molar-refractivity contribution < 1.29 is 5.11 Å². The highest BCUT2D eigenvalue weighted by atomic mass is 32.1. The summed E-state index contributed by atoms with van der Waals surface area (Å²) in [6, 6.07) is 16.6. The molecule has 4 aromatic rings. The molecule has 1 aliphatic rings. The fraction of sp³-hybridized carbons (Fsp3) is 0.346. The van der Waals surface area contributed by atoms with Crippen molar-refractivity contribution in [1.82, 2.24) is 24.8 Å². The lowest BCUT2D eigenvalue weighted by molar-refractivity contribution is 0.108. The van der Waals surface area contributed by atoms with Gasteiger partial charge in [0, 0.05) is 58.2 Å². The second kappa shape index (κ2) is 10.7. The highest BCUT2D eigenvalue weighted by molar-refractivity contribution is 7.21. The maximum Gasteiger partial charge on any atom is 0.190 e. The summed E-state index contributed by atoms with van der Waals surface area (Å²) in [7, 11) is 2.03. The molecule has 0 unspecified atom stereocenters. The normalized spacial score (nSPS) is 14.9. The standard InChI is InChI=1S/C26H31N7OS/c1-19-3-5-21(6-4-19)31(2)24-8-7-22-25(30-24)35-26(28-22)29-23-17-20(9-10-27-23)18-33-13-11-32(12-14-33)15-16-34/h3-10,17,34H,11-16,18H2,1-2H3,(H,27,28,29). The fourth-order valence-electron chi connectivity index (χ4n) is 4.27. The molecule has 8 nitrogen and oxygen atoms in total. The Labute approximate surface area is 209 Å². The van der Waals surface area contributed by atoms with Crippen LogP contribution in [0, 0.1) is 6.92 Å². The average molecular weight is 490 g/mol. The van der Waals surface area contributed by atoms with Crippen LogP contribution in [0.3, 0.4) is 0 Å². The van der Waals surface area contributed by atoms with Crippen LogP contribution >= 0.6 is 11.3 Å². The van der Waals surface area contributed by atoms with Crippen molar-refractivity contribution in [3.63, 3.8) is 0 Å². The summed E-state index contributed by atoms with van der Waals surface area (Å²) in [5.41, 5.74) is 4.43. The van der Waals surface area contributed by atoms with E-state index in [0.717, 1.165) is 72.1 Å². The molecule has 1 aliphatic heterocycles. The molecule has 2 N–H and O–H groups in total. The Kier molecular flexibility index (Phi) is 7.19. The highest BCUT2D eigenvalue weighted by Crippen LogP contribution is 2.30. The third-order valence-electron chi connectivity index (χ3n) is 6.35. The Morgan fingerprint density at radius 3 is 2.54 bits per heavy atom. The van der Waals surface area contributed by atoms with Gasteiger partial charge in [-0.25, -0.2) is 15.0 Å². The van der Waals surface area contributed by atoms with Crippen molar-refractivity contribution >= 4 is 44.1 Å². The zero-order valence-electron chi connectivity index (χ0n) is 20.2. The molecule has 1 saturated heterocycles. The monoisotopic (exact) mass is 489 g/mol. The Bertz CT molecular complexity index is 1270. The summed E-state index contributed by atoms with van der Waals surface area (Å²) in [4.78, 5) is 21.8. The number of thiazole rings is 1. The van der Waals surface area contributed by atoms with Crippen molar-refractivity contribution in [3.05, 3.63) is 65.9 Å². The smallest absolute Gasteiger partial charge is 0.190 e. The van der Waals surface area contributed by atoms with E-state index in [9.17, 15) is 0 Å². The zero-order valence-corrected chi connectivity index (χ0v) is 21.0. The third-order valence-corrected chi connectivity index (χ3v) is 7.23. The predicted octanol–water partition coefficient (Wildman–Crippen LogP) is 4.02. The SMILES string of the molecule is Cc1ccc(N(C)c2ccc3nc(Nc4cc(CN5CCN(CCO)CC5)ccn4)sc3n2)cc1. The van der Waals surface area contributed by atoms with Gasteiger partial charge in [0.2, 0.25) is 0 Å². The van der Waals surface area contributed by atoms with Crippen LogP contribution in [0.2, 0.25) is 0 Å². The number of hydrogen-bond acceptors (Lipinski definition) is 9. The Balaban J connectivity index is 1.25. The predicted molar refractivity (Wildman–Crippen MR) is 143 cm³/mol. The van der Waals surface area contributed by atoms with E-state index in [0.29, 0.717) is 0 Å². The number of nitrogens with one attached hydrogen (secondary N) is 1.